The number of furan rings is 2. The Morgan fingerprint density at radius 3 is 2.22 bits per heavy atom. The Labute approximate surface area is 210 Å². The molecule has 1 amide bonds. The molecule has 9 heteroatoms. The largest absolute Gasteiger partial charge is 0.463 e. The Bertz CT molecular complexity index is 1560. The van der Waals surface area contributed by atoms with Crippen molar-refractivity contribution in [3.63, 3.8) is 0 Å². The average molecular weight is 502 g/mol. The van der Waals surface area contributed by atoms with Crippen LogP contribution in [0.25, 0.3) is 33.9 Å². The number of nitrogens with zero attached hydrogens (tertiary/aromatic N) is 2. The molecule has 0 bridgehead atoms. The Balaban J connectivity index is 1.40. The fourth-order valence-corrected chi connectivity index (χ4v) is 3.79. The van der Waals surface area contributed by atoms with E-state index in [1.807, 2.05) is 0 Å². The molecule has 0 radical (unpaired) electrons. The molecule has 0 saturated heterocycles. The third-order valence-electron chi connectivity index (χ3n) is 5.59. The van der Waals surface area contributed by atoms with Crippen molar-refractivity contribution >= 4 is 40.2 Å². The van der Waals surface area contributed by atoms with Gasteiger partial charge in [0.15, 0.2) is 17.6 Å². The second-order valence-corrected chi connectivity index (χ2v) is 8.44. The van der Waals surface area contributed by atoms with Crippen LogP contribution in [0, 0.1) is 6.92 Å². The summed E-state index contributed by atoms with van der Waals surface area (Å²) in [5, 5.41) is 3.26. The highest BCUT2D eigenvalue weighted by molar-refractivity contribution is 6.31. The molecule has 3 heterocycles. The maximum Gasteiger partial charge on any atom is 0.338 e. The molecule has 0 fully saturated rings. The number of benzene rings is 2. The zero-order valence-electron chi connectivity index (χ0n) is 19.3. The van der Waals surface area contributed by atoms with Gasteiger partial charge in [-0.1, -0.05) is 17.7 Å². The van der Waals surface area contributed by atoms with E-state index >= 15 is 0 Å². The first kappa shape index (κ1) is 23.3. The zero-order chi connectivity index (χ0) is 25.2. The normalized spacial score (nSPS) is 11.9. The molecule has 0 saturated carbocycles. The second kappa shape index (κ2) is 9.67. The highest BCUT2D eigenvalue weighted by atomic mass is 35.5. The minimum atomic E-state index is -1.04. The van der Waals surface area contributed by atoms with Gasteiger partial charge in [0.25, 0.3) is 5.91 Å². The number of amides is 1. The van der Waals surface area contributed by atoms with E-state index in [1.165, 1.54) is 13.2 Å². The number of ether oxygens (including phenoxy) is 1. The summed E-state index contributed by atoms with van der Waals surface area (Å²) >= 11 is 6.11. The van der Waals surface area contributed by atoms with Crippen LogP contribution in [-0.4, -0.2) is 27.9 Å². The molecule has 36 heavy (non-hydrogen) atoms. The molecular formula is C27H20ClN3O5. The first-order valence-corrected chi connectivity index (χ1v) is 11.4. The van der Waals surface area contributed by atoms with Crippen LogP contribution in [0.4, 0.5) is 5.69 Å². The summed E-state index contributed by atoms with van der Waals surface area (Å²) in [6.45, 7) is 3.29. The molecule has 5 aromatic rings. The summed E-state index contributed by atoms with van der Waals surface area (Å²) in [7, 11) is 0. The summed E-state index contributed by atoms with van der Waals surface area (Å²) < 4.78 is 16.5. The van der Waals surface area contributed by atoms with Gasteiger partial charge in [-0.05, 0) is 74.0 Å². The number of carbonyl (C=O) groups is 2. The Morgan fingerprint density at radius 1 is 0.917 bits per heavy atom. The Hall–Kier alpha value is -4.43. The van der Waals surface area contributed by atoms with Gasteiger partial charge >= 0.3 is 5.97 Å². The summed E-state index contributed by atoms with van der Waals surface area (Å²) in [6, 6.07) is 17.0. The van der Waals surface area contributed by atoms with Crippen LogP contribution in [0.5, 0.6) is 0 Å². The number of fused-ring (bicyclic) bond motifs is 1. The fourth-order valence-electron chi connectivity index (χ4n) is 3.61. The van der Waals surface area contributed by atoms with Crippen molar-refractivity contribution in [2.75, 3.05) is 5.32 Å². The van der Waals surface area contributed by atoms with Crippen LogP contribution in [0.3, 0.4) is 0 Å². The lowest BCUT2D eigenvalue weighted by molar-refractivity contribution is -0.123. The summed E-state index contributed by atoms with van der Waals surface area (Å²) in [5.41, 5.74) is 3.49. The van der Waals surface area contributed by atoms with Crippen LogP contribution in [-0.2, 0) is 9.53 Å². The fraction of sp³-hybridized carbons (Fsp3) is 0.111. The lowest BCUT2D eigenvalue weighted by Crippen LogP contribution is -2.30. The second-order valence-electron chi connectivity index (χ2n) is 8.03. The van der Waals surface area contributed by atoms with Gasteiger partial charge < -0.3 is 18.9 Å². The van der Waals surface area contributed by atoms with Crippen molar-refractivity contribution in [2.24, 2.45) is 0 Å². The van der Waals surface area contributed by atoms with Crippen LogP contribution in [0.1, 0.15) is 22.8 Å². The molecule has 5 rings (SSSR count). The number of hydrogen-bond donors (Lipinski definition) is 1. The van der Waals surface area contributed by atoms with E-state index in [0.29, 0.717) is 44.7 Å². The third-order valence-corrected chi connectivity index (χ3v) is 6.00. The van der Waals surface area contributed by atoms with Crippen molar-refractivity contribution in [3.05, 3.63) is 89.3 Å². The van der Waals surface area contributed by atoms with Crippen molar-refractivity contribution in [2.45, 2.75) is 20.0 Å². The smallest absolute Gasteiger partial charge is 0.338 e. The lowest BCUT2D eigenvalue weighted by Gasteiger charge is -2.15. The topological polar surface area (TPSA) is 107 Å². The number of anilines is 1. The van der Waals surface area contributed by atoms with Crippen LogP contribution in [0.2, 0.25) is 5.02 Å². The highest BCUT2D eigenvalue weighted by Crippen LogP contribution is 2.32. The van der Waals surface area contributed by atoms with Crippen molar-refractivity contribution in [1.82, 2.24) is 9.97 Å². The molecule has 180 valence electrons. The Morgan fingerprint density at radius 2 is 1.58 bits per heavy atom. The zero-order valence-corrected chi connectivity index (χ0v) is 20.1. The van der Waals surface area contributed by atoms with E-state index in [1.54, 1.807) is 73.9 Å². The van der Waals surface area contributed by atoms with Gasteiger partial charge in [0.2, 0.25) is 0 Å². The molecule has 1 N–H and O–H groups in total. The minimum absolute atomic E-state index is 0.228. The van der Waals surface area contributed by atoms with Crippen molar-refractivity contribution < 1.29 is 23.2 Å². The maximum atomic E-state index is 12.8. The molecule has 0 aliphatic carbocycles. The number of carbonyl (C=O) groups excluding carboxylic acids is 2. The highest BCUT2D eigenvalue weighted by Gasteiger charge is 2.22. The van der Waals surface area contributed by atoms with E-state index in [-0.39, 0.29) is 5.56 Å². The SMILES string of the molecule is Cc1c(Cl)cccc1NC(=O)C(C)OC(=O)c1ccc2nc(-c3ccco3)c(-c3ccco3)nc2c1. The lowest BCUT2D eigenvalue weighted by atomic mass is 10.1. The van der Waals surface area contributed by atoms with Crippen LogP contribution >= 0.6 is 11.6 Å². The number of nitrogens with one attached hydrogen (secondary N) is 1. The predicted octanol–water partition coefficient (Wildman–Crippen LogP) is 6.30. The maximum absolute atomic E-state index is 12.8. The van der Waals surface area contributed by atoms with Crippen molar-refractivity contribution in [3.8, 4) is 22.9 Å². The van der Waals surface area contributed by atoms with Gasteiger partial charge in [0.1, 0.15) is 11.4 Å². The van der Waals surface area contributed by atoms with Crippen LogP contribution in [0.15, 0.2) is 82.0 Å². The molecule has 3 aromatic heterocycles. The van der Waals surface area contributed by atoms with E-state index in [0.717, 1.165) is 5.56 Å². The molecule has 8 nitrogen and oxygen atoms in total. The van der Waals surface area contributed by atoms with Gasteiger partial charge in [0.05, 0.1) is 29.1 Å². The molecule has 2 aromatic carbocycles. The van der Waals surface area contributed by atoms with E-state index in [4.69, 9.17) is 25.2 Å². The van der Waals surface area contributed by atoms with Gasteiger partial charge in [-0.2, -0.15) is 0 Å². The average Bonchev–Trinajstić information content (AvgIpc) is 3.60. The molecule has 1 atom stereocenters. The van der Waals surface area contributed by atoms with Gasteiger partial charge in [-0.15, -0.1) is 0 Å². The predicted molar refractivity (Wildman–Crippen MR) is 135 cm³/mol. The number of halogens is 1. The van der Waals surface area contributed by atoms with Gasteiger partial charge in [-0.25, -0.2) is 14.8 Å². The molecular weight excluding hydrogens is 482 g/mol. The minimum Gasteiger partial charge on any atom is -0.463 e. The first-order chi connectivity index (χ1) is 17.4. The van der Waals surface area contributed by atoms with E-state index in [2.05, 4.69) is 15.3 Å². The summed E-state index contributed by atoms with van der Waals surface area (Å²) in [6.07, 6.45) is 2.05. The standard InChI is InChI=1S/C27H20ClN3O5/c1-15-18(28)6-3-7-19(15)31-26(32)16(2)36-27(33)17-10-11-20-21(14-17)30-25(23-9-5-13-35-23)24(29-20)22-8-4-12-34-22/h3-14,16H,1-2H3,(H,31,32). The van der Waals surface area contributed by atoms with Crippen molar-refractivity contribution in [1.29, 1.82) is 0 Å². The molecule has 1 unspecified atom stereocenters. The quantitative estimate of drug-likeness (QED) is 0.272. The van der Waals surface area contributed by atoms with E-state index in [9.17, 15) is 9.59 Å². The van der Waals surface area contributed by atoms with Gasteiger partial charge in [0, 0.05) is 10.7 Å². The van der Waals surface area contributed by atoms with E-state index < -0.39 is 18.0 Å². The number of rotatable bonds is 6. The van der Waals surface area contributed by atoms with Crippen LogP contribution < -0.4 is 5.32 Å². The summed E-state index contributed by atoms with van der Waals surface area (Å²) in [4.78, 5) is 34.8. The first-order valence-electron chi connectivity index (χ1n) is 11.1. The Kier molecular flexibility index (Phi) is 6.26. The number of aromatic nitrogens is 2. The summed E-state index contributed by atoms with van der Waals surface area (Å²) in [5.74, 6) is -0.101. The monoisotopic (exact) mass is 501 g/mol. The molecule has 0 spiro atoms. The number of hydrogen-bond acceptors (Lipinski definition) is 7. The molecule has 0 aliphatic rings. The third kappa shape index (κ3) is 4.58. The van der Waals surface area contributed by atoms with Gasteiger partial charge in [-0.3, -0.25) is 4.79 Å². The number of esters is 1. The molecule has 0 aliphatic heterocycles.